The van der Waals surface area contributed by atoms with E-state index in [9.17, 15) is 9.59 Å². The lowest BCUT2D eigenvalue weighted by Gasteiger charge is -2.34. The molecule has 8 nitrogen and oxygen atoms in total. The van der Waals surface area contributed by atoms with Crippen molar-refractivity contribution in [3.05, 3.63) is 64.9 Å². The van der Waals surface area contributed by atoms with Crippen LogP contribution in [-0.2, 0) is 9.53 Å². The van der Waals surface area contributed by atoms with Crippen molar-refractivity contribution in [1.82, 2.24) is 10.2 Å². The van der Waals surface area contributed by atoms with Crippen LogP contribution in [0.5, 0.6) is 17.2 Å². The van der Waals surface area contributed by atoms with Gasteiger partial charge in [-0.15, -0.1) is 0 Å². The molecule has 0 spiro atoms. The van der Waals surface area contributed by atoms with E-state index in [0.717, 1.165) is 0 Å². The predicted octanol–water partition coefficient (Wildman–Crippen LogP) is 4.42. The van der Waals surface area contributed by atoms with Gasteiger partial charge in [0.2, 0.25) is 0 Å². The molecule has 1 aliphatic rings. The third-order valence-corrected chi connectivity index (χ3v) is 5.70. The monoisotopic (exact) mass is 468 g/mol. The summed E-state index contributed by atoms with van der Waals surface area (Å²) >= 11 is 0. The van der Waals surface area contributed by atoms with Crippen molar-refractivity contribution in [3.63, 3.8) is 0 Å². The van der Waals surface area contributed by atoms with E-state index in [2.05, 4.69) is 19.2 Å². The van der Waals surface area contributed by atoms with Crippen molar-refractivity contribution in [2.45, 2.75) is 32.7 Å². The fourth-order valence-corrected chi connectivity index (χ4v) is 3.73. The molecule has 0 aliphatic carbocycles. The van der Waals surface area contributed by atoms with E-state index in [1.807, 2.05) is 24.3 Å². The number of ether oxygens (including phenoxy) is 4. The summed E-state index contributed by atoms with van der Waals surface area (Å²) in [6.07, 6.45) is 0. The number of hydrogen-bond donors (Lipinski definition) is 1. The van der Waals surface area contributed by atoms with Crippen molar-refractivity contribution >= 4 is 12.0 Å². The first-order valence-electron chi connectivity index (χ1n) is 11.2. The quantitative estimate of drug-likeness (QED) is 0.549. The molecule has 0 saturated heterocycles. The molecule has 0 aromatic heterocycles. The van der Waals surface area contributed by atoms with Gasteiger partial charge in [0.1, 0.15) is 23.9 Å². The number of nitrogens with one attached hydrogen (secondary N) is 1. The lowest BCUT2D eigenvalue weighted by Crippen LogP contribution is -2.48. The molecule has 0 fully saturated rings. The molecule has 1 unspecified atom stereocenters. The fraction of sp³-hybridized carbons (Fsp3) is 0.385. The number of carbonyl (C=O) groups is 2. The summed E-state index contributed by atoms with van der Waals surface area (Å²) in [6, 6.07) is 11.9. The van der Waals surface area contributed by atoms with Crippen LogP contribution < -0.4 is 19.5 Å². The van der Waals surface area contributed by atoms with Gasteiger partial charge in [-0.05, 0) is 48.2 Å². The Labute approximate surface area is 200 Å². The SMILES string of the molecule is CCOC(=O)C1=C(COc2ccc(C(C)C)cc2)N(C)C(=O)NC1c1cc(OC)cc(OC)c1. The highest BCUT2D eigenvalue weighted by atomic mass is 16.5. The first kappa shape index (κ1) is 25.0. The van der Waals surface area contributed by atoms with E-state index in [1.165, 1.54) is 24.7 Å². The minimum absolute atomic E-state index is 0.0106. The summed E-state index contributed by atoms with van der Waals surface area (Å²) < 4.78 is 22.1. The van der Waals surface area contributed by atoms with Crippen molar-refractivity contribution < 1.29 is 28.5 Å². The van der Waals surface area contributed by atoms with E-state index < -0.39 is 12.0 Å². The molecule has 2 amide bonds. The van der Waals surface area contributed by atoms with E-state index >= 15 is 0 Å². The Morgan fingerprint density at radius 2 is 1.65 bits per heavy atom. The van der Waals surface area contributed by atoms with Gasteiger partial charge in [0.25, 0.3) is 0 Å². The molecule has 2 aromatic rings. The average Bonchev–Trinajstić information content (AvgIpc) is 2.84. The third kappa shape index (κ3) is 5.44. The summed E-state index contributed by atoms with van der Waals surface area (Å²) in [5.74, 6) is 1.58. The van der Waals surface area contributed by atoms with Gasteiger partial charge < -0.3 is 24.3 Å². The molecular formula is C26H32N2O6. The maximum Gasteiger partial charge on any atom is 0.338 e. The summed E-state index contributed by atoms with van der Waals surface area (Å²) in [4.78, 5) is 27.4. The Kier molecular flexibility index (Phi) is 8.04. The second-order valence-electron chi connectivity index (χ2n) is 8.18. The second kappa shape index (κ2) is 11.0. The van der Waals surface area contributed by atoms with Crippen LogP contribution in [0.15, 0.2) is 53.7 Å². The number of urea groups is 1. The summed E-state index contributed by atoms with van der Waals surface area (Å²) in [5, 5.41) is 2.88. The van der Waals surface area contributed by atoms with E-state index in [-0.39, 0.29) is 24.8 Å². The number of rotatable bonds is 9. The van der Waals surface area contributed by atoms with Crippen LogP contribution in [0.2, 0.25) is 0 Å². The third-order valence-electron chi connectivity index (χ3n) is 5.70. The van der Waals surface area contributed by atoms with Gasteiger partial charge in [-0.1, -0.05) is 26.0 Å². The van der Waals surface area contributed by atoms with Crippen LogP contribution >= 0.6 is 0 Å². The number of benzene rings is 2. The van der Waals surface area contributed by atoms with Gasteiger partial charge >= 0.3 is 12.0 Å². The van der Waals surface area contributed by atoms with Crippen molar-refractivity contribution in [2.24, 2.45) is 0 Å². The Morgan fingerprint density at radius 3 is 2.18 bits per heavy atom. The van der Waals surface area contributed by atoms with E-state index in [1.54, 1.807) is 32.2 Å². The van der Waals surface area contributed by atoms with Crippen LogP contribution in [0.4, 0.5) is 4.79 Å². The molecule has 34 heavy (non-hydrogen) atoms. The highest BCUT2D eigenvalue weighted by Gasteiger charge is 2.37. The number of hydrogen-bond acceptors (Lipinski definition) is 6. The number of amides is 2. The fourth-order valence-electron chi connectivity index (χ4n) is 3.73. The second-order valence-corrected chi connectivity index (χ2v) is 8.18. The normalized spacial score (nSPS) is 15.8. The molecule has 0 bridgehead atoms. The number of esters is 1. The standard InChI is InChI=1S/C26H32N2O6/c1-7-33-25(29)23-22(15-34-19-10-8-17(9-11-19)16(2)3)28(4)26(30)27-24(23)18-12-20(31-5)14-21(13-18)32-6/h8-14,16,24H,7,15H2,1-6H3,(H,27,30). The van der Waals surface area contributed by atoms with Crippen molar-refractivity contribution in [2.75, 3.05) is 34.5 Å². The maximum atomic E-state index is 13.1. The molecular weight excluding hydrogens is 436 g/mol. The number of methoxy groups -OCH3 is 2. The molecule has 1 N–H and O–H groups in total. The summed E-state index contributed by atoms with van der Waals surface area (Å²) in [7, 11) is 4.67. The van der Waals surface area contributed by atoms with Crippen LogP contribution in [0.1, 0.15) is 43.9 Å². The molecule has 182 valence electrons. The van der Waals surface area contributed by atoms with E-state index in [4.69, 9.17) is 18.9 Å². The first-order valence-corrected chi connectivity index (χ1v) is 11.2. The molecule has 1 atom stereocenters. The Bertz CT molecular complexity index is 1040. The number of nitrogens with zero attached hydrogens (tertiary/aromatic N) is 1. The smallest absolute Gasteiger partial charge is 0.338 e. The van der Waals surface area contributed by atoms with Crippen molar-refractivity contribution in [3.8, 4) is 17.2 Å². The molecule has 0 radical (unpaired) electrons. The van der Waals surface area contributed by atoms with Gasteiger partial charge in [-0.2, -0.15) is 0 Å². The summed E-state index contributed by atoms with van der Waals surface area (Å²) in [5.41, 5.74) is 2.53. The van der Waals surface area contributed by atoms with Crippen LogP contribution in [0.25, 0.3) is 0 Å². The molecule has 3 rings (SSSR count). The number of carbonyl (C=O) groups excluding carboxylic acids is 2. The minimum atomic E-state index is -0.770. The Morgan fingerprint density at radius 1 is 1.03 bits per heavy atom. The number of likely N-dealkylation sites (N-methyl/N-ethyl adjacent to an activating group) is 1. The Balaban J connectivity index is 2.04. The lowest BCUT2D eigenvalue weighted by molar-refractivity contribution is -0.139. The van der Waals surface area contributed by atoms with Crippen LogP contribution in [-0.4, -0.2) is 51.4 Å². The molecule has 1 aliphatic heterocycles. The van der Waals surface area contributed by atoms with Gasteiger partial charge in [-0.25, -0.2) is 9.59 Å². The maximum absolute atomic E-state index is 13.1. The highest BCUT2D eigenvalue weighted by Crippen LogP contribution is 2.35. The van der Waals surface area contributed by atoms with Gasteiger partial charge in [-0.3, -0.25) is 4.90 Å². The zero-order valence-electron chi connectivity index (χ0n) is 20.5. The highest BCUT2D eigenvalue weighted by molar-refractivity contribution is 5.95. The van der Waals surface area contributed by atoms with E-state index in [0.29, 0.717) is 34.4 Å². The van der Waals surface area contributed by atoms with Gasteiger partial charge in [0.15, 0.2) is 0 Å². The zero-order chi connectivity index (χ0) is 24.8. The zero-order valence-corrected chi connectivity index (χ0v) is 20.5. The van der Waals surface area contributed by atoms with Crippen LogP contribution in [0, 0.1) is 0 Å². The Hall–Kier alpha value is -3.68. The van der Waals surface area contributed by atoms with Gasteiger partial charge in [0, 0.05) is 13.1 Å². The summed E-state index contributed by atoms with van der Waals surface area (Å²) in [6.45, 7) is 6.18. The van der Waals surface area contributed by atoms with Crippen LogP contribution in [0.3, 0.4) is 0 Å². The first-order chi connectivity index (χ1) is 16.3. The topological polar surface area (TPSA) is 86.3 Å². The predicted molar refractivity (Wildman–Crippen MR) is 128 cm³/mol. The molecule has 8 heteroatoms. The molecule has 2 aromatic carbocycles. The van der Waals surface area contributed by atoms with Crippen molar-refractivity contribution in [1.29, 1.82) is 0 Å². The molecule has 0 saturated carbocycles. The molecule has 1 heterocycles. The lowest BCUT2D eigenvalue weighted by atomic mass is 9.94. The average molecular weight is 469 g/mol. The minimum Gasteiger partial charge on any atom is -0.497 e. The largest absolute Gasteiger partial charge is 0.497 e. The van der Waals surface area contributed by atoms with Gasteiger partial charge in [0.05, 0.1) is 38.1 Å².